The van der Waals surface area contributed by atoms with Crippen molar-refractivity contribution >= 4 is 23.4 Å². The van der Waals surface area contributed by atoms with E-state index in [4.69, 9.17) is 25.8 Å². The van der Waals surface area contributed by atoms with Crippen LogP contribution in [-0.2, 0) is 33.7 Å². The average Bonchev–Trinajstić information content (AvgIpc) is 2.96. The zero-order valence-electron chi connectivity index (χ0n) is 22.8. The van der Waals surface area contributed by atoms with E-state index in [9.17, 15) is 9.59 Å². The van der Waals surface area contributed by atoms with Crippen LogP contribution < -0.4 is 14.8 Å². The van der Waals surface area contributed by atoms with Gasteiger partial charge < -0.3 is 24.4 Å². The van der Waals surface area contributed by atoms with Gasteiger partial charge in [0, 0.05) is 37.7 Å². The molecule has 39 heavy (non-hydrogen) atoms. The summed E-state index contributed by atoms with van der Waals surface area (Å²) in [6, 6.07) is 21.7. The van der Waals surface area contributed by atoms with Gasteiger partial charge >= 0.3 is 0 Å². The van der Waals surface area contributed by atoms with Crippen LogP contribution in [0, 0.1) is 0 Å². The Bertz CT molecular complexity index is 1190. The van der Waals surface area contributed by atoms with Gasteiger partial charge in [-0.25, -0.2) is 0 Å². The van der Waals surface area contributed by atoms with Crippen LogP contribution in [0.4, 0.5) is 0 Å². The van der Waals surface area contributed by atoms with E-state index < -0.39 is 6.04 Å². The van der Waals surface area contributed by atoms with Crippen LogP contribution >= 0.6 is 11.6 Å². The fraction of sp³-hybridized carbons (Fsp3) is 0.355. The van der Waals surface area contributed by atoms with Gasteiger partial charge in [-0.1, -0.05) is 60.1 Å². The smallest absolute Gasteiger partial charge is 0.243 e. The molecule has 0 aliphatic heterocycles. The summed E-state index contributed by atoms with van der Waals surface area (Å²) in [6.07, 6.45) is 1.16. The van der Waals surface area contributed by atoms with E-state index in [1.54, 1.807) is 43.4 Å². The molecule has 0 aliphatic carbocycles. The minimum Gasteiger partial charge on any atom is -0.493 e. The molecule has 208 valence electrons. The van der Waals surface area contributed by atoms with E-state index in [-0.39, 0.29) is 24.8 Å². The minimum atomic E-state index is -0.720. The van der Waals surface area contributed by atoms with E-state index in [0.717, 1.165) is 16.7 Å². The van der Waals surface area contributed by atoms with Crippen LogP contribution in [0.5, 0.6) is 11.5 Å². The van der Waals surface area contributed by atoms with Crippen molar-refractivity contribution in [1.29, 1.82) is 0 Å². The van der Waals surface area contributed by atoms with Crippen molar-refractivity contribution < 1.29 is 23.8 Å². The number of benzene rings is 3. The second-order valence-electron chi connectivity index (χ2n) is 9.06. The zero-order valence-corrected chi connectivity index (χ0v) is 23.6. The quantitative estimate of drug-likeness (QED) is 0.266. The van der Waals surface area contributed by atoms with Gasteiger partial charge in [-0.05, 0) is 54.3 Å². The van der Waals surface area contributed by atoms with Crippen LogP contribution in [0.2, 0.25) is 5.02 Å². The maximum Gasteiger partial charge on any atom is 0.243 e. The number of carbonyl (C=O) groups excluding carboxylic acids is 2. The Kier molecular flexibility index (Phi) is 12.1. The van der Waals surface area contributed by atoms with Crippen LogP contribution in [-0.4, -0.2) is 56.7 Å². The van der Waals surface area contributed by atoms with Crippen molar-refractivity contribution in [2.45, 2.75) is 38.8 Å². The lowest BCUT2D eigenvalue weighted by Gasteiger charge is -2.32. The van der Waals surface area contributed by atoms with Crippen LogP contribution in [0.25, 0.3) is 0 Å². The van der Waals surface area contributed by atoms with Gasteiger partial charge in [-0.15, -0.1) is 0 Å². The highest BCUT2D eigenvalue weighted by Crippen LogP contribution is 2.28. The molecule has 0 saturated carbocycles. The number of amides is 2. The number of nitrogens with zero attached hydrogens (tertiary/aromatic N) is 1. The first-order valence-corrected chi connectivity index (χ1v) is 13.5. The van der Waals surface area contributed by atoms with Crippen molar-refractivity contribution in [2.75, 3.05) is 34.0 Å². The van der Waals surface area contributed by atoms with E-state index in [1.807, 2.05) is 55.5 Å². The van der Waals surface area contributed by atoms with E-state index in [2.05, 4.69) is 5.32 Å². The fourth-order valence-corrected chi connectivity index (χ4v) is 4.38. The number of methoxy groups -OCH3 is 2. The zero-order chi connectivity index (χ0) is 28.0. The van der Waals surface area contributed by atoms with Crippen LogP contribution in [0.15, 0.2) is 72.8 Å². The third kappa shape index (κ3) is 9.30. The van der Waals surface area contributed by atoms with E-state index in [1.165, 1.54) is 0 Å². The molecule has 0 radical (unpaired) electrons. The average molecular weight is 553 g/mol. The van der Waals surface area contributed by atoms with Crippen molar-refractivity contribution in [3.8, 4) is 11.5 Å². The molecular formula is C31H37ClN2O5. The molecule has 0 unspecified atom stereocenters. The van der Waals surface area contributed by atoms with E-state index >= 15 is 0 Å². The Hall–Kier alpha value is -3.55. The first kappa shape index (κ1) is 30.0. The topological polar surface area (TPSA) is 77.1 Å². The Labute approximate surface area is 236 Å². The molecule has 7 nitrogen and oxygen atoms in total. The predicted octanol–water partition coefficient (Wildman–Crippen LogP) is 5.08. The van der Waals surface area contributed by atoms with Gasteiger partial charge in [0.25, 0.3) is 0 Å². The largest absolute Gasteiger partial charge is 0.493 e. The van der Waals surface area contributed by atoms with Gasteiger partial charge in [0.15, 0.2) is 11.5 Å². The second kappa shape index (κ2) is 15.8. The molecule has 0 aromatic heterocycles. The summed E-state index contributed by atoms with van der Waals surface area (Å²) in [5.41, 5.74) is 2.60. The van der Waals surface area contributed by atoms with Crippen molar-refractivity contribution in [3.05, 3.63) is 94.5 Å². The molecule has 3 aromatic rings. The van der Waals surface area contributed by atoms with Gasteiger partial charge in [0.2, 0.25) is 11.8 Å². The molecular weight excluding hydrogens is 516 g/mol. The minimum absolute atomic E-state index is 0.0941. The van der Waals surface area contributed by atoms with Gasteiger partial charge in [0.05, 0.1) is 20.6 Å². The number of hydrogen-bond donors (Lipinski definition) is 1. The first-order valence-electron chi connectivity index (χ1n) is 13.1. The molecule has 0 saturated heterocycles. The molecule has 8 heteroatoms. The maximum absolute atomic E-state index is 13.9. The summed E-state index contributed by atoms with van der Waals surface area (Å²) in [5, 5.41) is 3.63. The van der Waals surface area contributed by atoms with Gasteiger partial charge in [-0.3, -0.25) is 9.59 Å². The monoisotopic (exact) mass is 552 g/mol. The predicted molar refractivity (Wildman–Crippen MR) is 153 cm³/mol. The summed E-state index contributed by atoms with van der Waals surface area (Å²) >= 11 is 6.11. The molecule has 0 spiro atoms. The Balaban J connectivity index is 1.91. The Morgan fingerprint density at radius 2 is 1.59 bits per heavy atom. The molecule has 0 bridgehead atoms. The van der Waals surface area contributed by atoms with Crippen molar-refractivity contribution in [2.24, 2.45) is 0 Å². The Morgan fingerprint density at radius 3 is 2.26 bits per heavy atom. The summed E-state index contributed by atoms with van der Waals surface area (Å²) < 4.78 is 16.2. The molecule has 0 heterocycles. The van der Waals surface area contributed by atoms with E-state index in [0.29, 0.717) is 49.1 Å². The summed E-state index contributed by atoms with van der Waals surface area (Å²) in [4.78, 5) is 29.2. The third-order valence-corrected chi connectivity index (χ3v) is 6.56. The number of halogens is 1. The highest BCUT2D eigenvalue weighted by Gasteiger charge is 2.30. The highest BCUT2D eigenvalue weighted by molar-refractivity contribution is 6.30. The molecule has 3 aromatic carbocycles. The number of hydrogen-bond acceptors (Lipinski definition) is 5. The molecule has 2 amide bonds. The number of nitrogens with one attached hydrogen (secondary N) is 1. The standard InChI is InChI=1S/C31H37ClN2O5/c1-4-39-18-8-17-33-31(36)27(19-23-9-6-5-7-10-23)34(22-24-11-14-26(32)15-12-24)30(35)21-25-13-16-28(37-2)29(20-25)38-3/h5-7,9-16,20,27H,4,8,17-19,21-22H2,1-3H3,(H,33,36)/t27-/m1/s1. The summed E-state index contributed by atoms with van der Waals surface area (Å²) in [6.45, 7) is 3.85. The SMILES string of the molecule is CCOCCCNC(=O)[C@@H](Cc1ccccc1)N(Cc1ccc(Cl)cc1)C(=O)Cc1ccc(OC)c(OC)c1. The lowest BCUT2D eigenvalue weighted by atomic mass is 10.0. The molecule has 1 N–H and O–H groups in total. The lowest BCUT2D eigenvalue weighted by Crippen LogP contribution is -2.51. The summed E-state index contributed by atoms with van der Waals surface area (Å²) in [7, 11) is 3.12. The summed E-state index contributed by atoms with van der Waals surface area (Å²) in [5.74, 6) is 0.743. The normalized spacial score (nSPS) is 11.5. The maximum atomic E-state index is 13.9. The number of carbonyl (C=O) groups is 2. The first-order chi connectivity index (χ1) is 18.9. The van der Waals surface area contributed by atoms with Gasteiger partial charge in [-0.2, -0.15) is 0 Å². The molecule has 0 aliphatic rings. The molecule has 0 fully saturated rings. The highest BCUT2D eigenvalue weighted by atomic mass is 35.5. The van der Waals surface area contributed by atoms with Crippen LogP contribution in [0.3, 0.4) is 0 Å². The fourth-order valence-electron chi connectivity index (χ4n) is 4.26. The number of ether oxygens (including phenoxy) is 3. The second-order valence-corrected chi connectivity index (χ2v) is 9.50. The van der Waals surface area contributed by atoms with Crippen LogP contribution in [0.1, 0.15) is 30.0 Å². The van der Waals surface area contributed by atoms with Crippen molar-refractivity contribution in [3.63, 3.8) is 0 Å². The molecule has 3 rings (SSSR count). The number of rotatable bonds is 15. The van der Waals surface area contributed by atoms with Crippen molar-refractivity contribution in [1.82, 2.24) is 10.2 Å². The Morgan fingerprint density at radius 1 is 0.897 bits per heavy atom. The molecule has 1 atom stereocenters. The third-order valence-electron chi connectivity index (χ3n) is 6.31. The lowest BCUT2D eigenvalue weighted by molar-refractivity contribution is -0.140. The van der Waals surface area contributed by atoms with Gasteiger partial charge in [0.1, 0.15) is 6.04 Å².